The summed E-state index contributed by atoms with van der Waals surface area (Å²) in [5.74, 6) is -0.675. The van der Waals surface area contributed by atoms with E-state index in [0.717, 1.165) is 48.3 Å². The maximum absolute atomic E-state index is 14.3. The molecule has 2 amide bonds. The highest BCUT2D eigenvalue weighted by Gasteiger charge is 2.62. The van der Waals surface area contributed by atoms with Crippen molar-refractivity contribution in [2.45, 2.75) is 50.8 Å². The first-order valence-corrected chi connectivity index (χ1v) is 14.1. The highest BCUT2D eigenvalue weighted by molar-refractivity contribution is 7.17. The number of oxime groups is 1. The number of nitrogens with one attached hydrogen (secondary N) is 2. The Balaban J connectivity index is 1.41. The maximum atomic E-state index is 14.3. The monoisotopic (exact) mass is 609 g/mol. The standard InChI is InChI=1S/C28H24Cl2F3N3O3S/c1-14-9-15(21-13-27(39-36-21,28(31,32)33)16-10-17(29)12-18(30)11-16)7-8-19(14)24(37)35-26-23(25(38)34-2)20-5-3-4-6-22(20)40-26/h7-12H,3-6,13H2,1-2H3,(H,34,38)(H,35,37). The number of alkyl halides is 3. The normalized spacial score (nSPS) is 18.5. The summed E-state index contributed by atoms with van der Waals surface area (Å²) in [4.78, 5) is 32.1. The van der Waals surface area contributed by atoms with Crippen LogP contribution in [0, 0.1) is 6.92 Å². The van der Waals surface area contributed by atoms with Gasteiger partial charge in [0, 0.05) is 39.5 Å². The summed E-state index contributed by atoms with van der Waals surface area (Å²) >= 11 is 13.4. The van der Waals surface area contributed by atoms with E-state index in [2.05, 4.69) is 15.8 Å². The van der Waals surface area contributed by atoms with Crippen molar-refractivity contribution in [2.75, 3.05) is 12.4 Å². The average molecular weight is 610 g/mol. The van der Waals surface area contributed by atoms with Gasteiger partial charge in [-0.15, -0.1) is 11.3 Å². The van der Waals surface area contributed by atoms with Gasteiger partial charge in [0.05, 0.1) is 11.3 Å². The highest BCUT2D eigenvalue weighted by atomic mass is 35.5. The largest absolute Gasteiger partial charge is 0.435 e. The number of thiophene rings is 1. The van der Waals surface area contributed by atoms with Crippen molar-refractivity contribution in [1.82, 2.24) is 5.32 Å². The van der Waals surface area contributed by atoms with E-state index in [0.29, 0.717) is 27.3 Å². The van der Waals surface area contributed by atoms with Gasteiger partial charge in [-0.2, -0.15) is 13.2 Å². The van der Waals surface area contributed by atoms with Gasteiger partial charge < -0.3 is 15.5 Å². The van der Waals surface area contributed by atoms with Crippen molar-refractivity contribution in [1.29, 1.82) is 0 Å². The molecule has 2 heterocycles. The molecule has 1 aromatic heterocycles. The van der Waals surface area contributed by atoms with Gasteiger partial charge in [0.25, 0.3) is 17.4 Å². The van der Waals surface area contributed by atoms with E-state index < -0.39 is 24.1 Å². The van der Waals surface area contributed by atoms with Crippen LogP contribution >= 0.6 is 34.5 Å². The number of nitrogens with zero attached hydrogens (tertiary/aromatic N) is 1. The lowest BCUT2D eigenvalue weighted by Crippen LogP contribution is -2.42. The average Bonchev–Trinajstić information content (AvgIpc) is 3.50. The van der Waals surface area contributed by atoms with Crippen LogP contribution in [0.3, 0.4) is 0 Å². The Hall–Kier alpha value is -3.08. The Bertz CT molecular complexity index is 1530. The quantitative estimate of drug-likeness (QED) is 0.315. The third-order valence-electron chi connectivity index (χ3n) is 7.17. The first-order chi connectivity index (χ1) is 18.9. The predicted octanol–water partition coefficient (Wildman–Crippen LogP) is 7.44. The first kappa shape index (κ1) is 28.4. The molecule has 0 spiro atoms. The number of carbonyl (C=O) groups excluding carboxylic acids is 2. The molecule has 1 aliphatic carbocycles. The highest BCUT2D eigenvalue weighted by Crippen LogP contribution is 2.49. The van der Waals surface area contributed by atoms with Crippen LogP contribution in [0.2, 0.25) is 10.0 Å². The molecule has 0 fully saturated rings. The van der Waals surface area contributed by atoms with Crippen LogP contribution in [0.1, 0.15) is 67.1 Å². The van der Waals surface area contributed by atoms with Crippen LogP contribution in [0.4, 0.5) is 18.2 Å². The molecule has 2 N–H and O–H groups in total. The van der Waals surface area contributed by atoms with Crippen LogP contribution in [-0.2, 0) is 23.3 Å². The zero-order valence-corrected chi connectivity index (χ0v) is 23.8. The van der Waals surface area contributed by atoms with Gasteiger partial charge in [-0.1, -0.05) is 34.4 Å². The van der Waals surface area contributed by atoms with Gasteiger partial charge in [0.1, 0.15) is 5.00 Å². The third-order valence-corrected chi connectivity index (χ3v) is 8.82. The number of amides is 2. The number of halogens is 5. The molecule has 1 unspecified atom stereocenters. The second kappa shape index (κ2) is 10.7. The van der Waals surface area contributed by atoms with Crippen molar-refractivity contribution in [3.8, 4) is 0 Å². The molecule has 0 saturated carbocycles. The molecule has 0 bridgehead atoms. The van der Waals surface area contributed by atoms with Crippen LogP contribution < -0.4 is 10.6 Å². The second-order valence-electron chi connectivity index (χ2n) is 9.77. The molecule has 12 heteroatoms. The zero-order chi connectivity index (χ0) is 28.8. The van der Waals surface area contributed by atoms with Crippen LogP contribution in [0.5, 0.6) is 0 Å². The number of benzene rings is 2. The number of aryl methyl sites for hydroxylation is 2. The Kier molecular flexibility index (Phi) is 7.62. The van der Waals surface area contributed by atoms with E-state index in [4.69, 9.17) is 28.0 Å². The lowest BCUT2D eigenvalue weighted by Gasteiger charge is -2.29. The van der Waals surface area contributed by atoms with E-state index in [1.807, 2.05) is 0 Å². The van der Waals surface area contributed by atoms with Crippen molar-refractivity contribution >= 4 is 57.1 Å². The topological polar surface area (TPSA) is 79.8 Å². The third kappa shape index (κ3) is 5.08. The van der Waals surface area contributed by atoms with Crippen LogP contribution in [0.15, 0.2) is 41.6 Å². The van der Waals surface area contributed by atoms with Crippen molar-refractivity contribution in [2.24, 2.45) is 5.16 Å². The molecule has 210 valence electrons. The molecule has 40 heavy (non-hydrogen) atoms. The predicted molar refractivity (Wildman–Crippen MR) is 150 cm³/mol. The fourth-order valence-corrected chi connectivity index (χ4v) is 6.94. The fourth-order valence-electron chi connectivity index (χ4n) is 5.13. The summed E-state index contributed by atoms with van der Waals surface area (Å²) in [7, 11) is 1.55. The number of hydrogen-bond acceptors (Lipinski definition) is 5. The summed E-state index contributed by atoms with van der Waals surface area (Å²) in [6, 6.07) is 8.30. The number of carbonyl (C=O) groups is 2. The number of hydrogen-bond donors (Lipinski definition) is 2. The molecule has 0 saturated heterocycles. The molecule has 6 nitrogen and oxygen atoms in total. The number of rotatable bonds is 5. The van der Waals surface area contributed by atoms with Crippen molar-refractivity contribution in [3.05, 3.63) is 84.7 Å². The Morgan fingerprint density at radius 3 is 2.40 bits per heavy atom. The summed E-state index contributed by atoms with van der Waals surface area (Å²) < 4.78 is 43.0. The van der Waals surface area contributed by atoms with E-state index >= 15 is 0 Å². The van der Waals surface area contributed by atoms with Crippen molar-refractivity contribution < 1.29 is 27.6 Å². The number of fused-ring (bicyclic) bond motifs is 1. The minimum absolute atomic E-state index is 0.0422. The molecule has 1 aliphatic heterocycles. The van der Waals surface area contributed by atoms with Gasteiger partial charge in [-0.25, -0.2) is 0 Å². The van der Waals surface area contributed by atoms with E-state index in [1.54, 1.807) is 20.0 Å². The minimum atomic E-state index is -4.82. The molecule has 2 aliphatic rings. The minimum Gasteiger partial charge on any atom is -0.374 e. The van der Waals surface area contributed by atoms with Gasteiger partial charge in [0.2, 0.25) is 0 Å². The Morgan fingerprint density at radius 1 is 1.05 bits per heavy atom. The van der Waals surface area contributed by atoms with Gasteiger partial charge in [-0.3, -0.25) is 9.59 Å². The fraction of sp³-hybridized carbons (Fsp3) is 0.321. The molecule has 3 aromatic rings. The smallest absolute Gasteiger partial charge is 0.374 e. The molecule has 2 aromatic carbocycles. The van der Waals surface area contributed by atoms with Gasteiger partial charge in [-0.05, 0) is 79.6 Å². The molecule has 1 atom stereocenters. The lowest BCUT2D eigenvalue weighted by atomic mass is 9.86. The van der Waals surface area contributed by atoms with Gasteiger partial charge >= 0.3 is 6.18 Å². The van der Waals surface area contributed by atoms with Crippen LogP contribution in [-0.4, -0.2) is 30.8 Å². The first-order valence-electron chi connectivity index (χ1n) is 12.5. The SMILES string of the molecule is CNC(=O)c1c(NC(=O)c2ccc(C3=NOC(c4cc(Cl)cc(Cl)c4)(C(F)(F)F)C3)cc2C)sc2c1CCCC2. The summed E-state index contributed by atoms with van der Waals surface area (Å²) in [5, 5.41) is 9.90. The van der Waals surface area contributed by atoms with E-state index in [1.165, 1.54) is 29.5 Å². The van der Waals surface area contributed by atoms with E-state index in [-0.39, 0.29) is 27.2 Å². The van der Waals surface area contributed by atoms with Crippen molar-refractivity contribution in [3.63, 3.8) is 0 Å². The summed E-state index contributed by atoms with van der Waals surface area (Å²) in [6.45, 7) is 1.68. The Morgan fingerprint density at radius 2 is 1.75 bits per heavy atom. The van der Waals surface area contributed by atoms with Gasteiger partial charge in [0.15, 0.2) is 0 Å². The van der Waals surface area contributed by atoms with E-state index in [9.17, 15) is 22.8 Å². The lowest BCUT2D eigenvalue weighted by molar-refractivity contribution is -0.275. The summed E-state index contributed by atoms with van der Waals surface area (Å²) in [6.07, 6.45) is -1.77. The summed E-state index contributed by atoms with van der Waals surface area (Å²) in [5.41, 5.74) is -0.248. The molecule has 5 rings (SSSR count). The molecule has 0 radical (unpaired) electrons. The molecular weight excluding hydrogens is 586 g/mol. The zero-order valence-electron chi connectivity index (χ0n) is 21.5. The maximum Gasteiger partial charge on any atom is 0.435 e. The number of anilines is 1. The molecular formula is C28H24Cl2F3N3O3S. The second-order valence-corrected chi connectivity index (χ2v) is 11.7. The Labute approximate surface area is 242 Å². The van der Waals surface area contributed by atoms with Crippen LogP contribution in [0.25, 0.3) is 0 Å².